The number of nitrogens with zero attached hydrogens (tertiary/aromatic N) is 7. The Morgan fingerprint density at radius 3 is 1.71 bits per heavy atom. The van der Waals surface area contributed by atoms with Crippen LogP contribution in [-0.2, 0) is 9.47 Å². The first kappa shape index (κ1) is 37.6. The van der Waals surface area contributed by atoms with Gasteiger partial charge in [-0.1, -0.05) is 96.5 Å². The molecule has 2 unspecified atom stereocenters. The summed E-state index contributed by atoms with van der Waals surface area (Å²) in [6.45, 7) is 2.57. The van der Waals surface area contributed by atoms with Crippen LogP contribution in [0.25, 0.3) is 87.7 Å². The predicted molar refractivity (Wildman–Crippen MR) is 259 cm³/mol. The molecule has 2 aliphatic heterocycles. The molecule has 0 bridgehead atoms. The third-order valence-electron chi connectivity index (χ3n) is 13.0. The topological polar surface area (TPSA) is 99.0 Å². The van der Waals surface area contributed by atoms with Crippen LogP contribution < -0.4 is 4.90 Å². The van der Waals surface area contributed by atoms with Gasteiger partial charge in [-0.3, -0.25) is 0 Å². The SMILES string of the molecule is Clc1c(C2CCOC2)cc(N(c2ccc(-c3c4ccccc4cc4ccccc34)c3nsnc23)c2cc(C3CCOC3)c(-c3ccc4ccccc4c3)c3nsnc23)c2nsnc12. The molecule has 3 aromatic heterocycles. The molecule has 2 fully saturated rings. The van der Waals surface area contributed by atoms with Gasteiger partial charge in [0.15, 0.2) is 0 Å². The third-order valence-corrected chi connectivity index (χ3v) is 15.0. The van der Waals surface area contributed by atoms with Gasteiger partial charge in [-0.15, -0.1) is 0 Å². The molecule has 0 N–H and O–H groups in total. The van der Waals surface area contributed by atoms with Crippen LogP contribution in [0, 0.1) is 0 Å². The number of anilines is 3. The fraction of sp³-hybridized carbons (Fsp3) is 0.160. The first-order valence-corrected chi connectivity index (χ1v) is 23.6. The zero-order chi connectivity index (χ0) is 41.6. The lowest BCUT2D eigenvalue weighted by Crippen LogP contribution is -2.15. The van der Waals surface area contributed by atoms with Gasteiger partial charge in [0.25, 0.3) is 0 Å². The molecule has 0 spiro atoms. The summed E-state index contributed by atoms with van der Waals surface area (Å²) in [5.41, 5.74) is 13.6. The van der Waals surface area contributed by atoms with E-state index < -0.39 is 0 Å². The Bertz CT molecular complexity index is 3560. The van der Waals surface area contributed by atoms with Gasteiger partial charge in [0.1, 0.15) is 33.1 Å². The molecule has 63 heavy (non-hydrogen) atoms. The molecule has 13 rings (SSSR count). The average molecular weight is 897 g/mol. The number of hydrogen-bond acceptors (Lipinski definition) is 12. The average Bonchev–Trinajstić information content (AvgIpc) is 4.19. The second-order valence-corrected chi connectivity index (χ2v) is 18.4. The molecule has 0 saturated carbocycles. The van der Waals surface area contributed by atoms with Crippen molar-refractivity contribution < 1.29 is 9.47 Å². The van der Waals surface area contributed by atoms with E-state index in [0.717, 1.165) is 90.6 Å². The third kappa shape index (κ3) is 6.00. The fourth-order valence-corrected chi connectivity index (χ4v) is 12.0. The molecule has 0 aliphatic carbocycles. The molecule has 5 heterocycles. The smallest absolute Gasteiger partial charge is 0.130 e. The molecule has 0 radical (unpaired) electrons. The molecular formula is C50H34ClN7O2S3. The Morgan fingerprint density at radius 1 is 0.476 bits per heavy atom. The quantitative estimate of drug-likeness (QED) is 0.145. The van der Waals surface area contributed by atoms with Gasteiger partial charge in [-0.05, 0) is 104 Å². The highest BCUT2D eigenvalue weighted by atomic mass is 35.5. The maximum Gasteiger partial charge on any atom is 0.130 e. The van der Waals surface area contributed by atoms with E-state index in [1.54, 1.807) is 0 Å². The summed E-state index contributed by atoms with van der Waals surface area (Å²) in [5.74, 6) is 0.244. The van der Waals surface area contributed by atoms with Crippen LogP contribution in [0.5, 0.6) is 0 Å². The Hall–Kier alpha value is -5.99. The van der Waals surface area contributed by atoms with Crippen molar-refractivity contribution in [1.29, 1.82) is 0 Å². The largest absolute Gasteiger partial charge is 0.381 e. The van der Waals surface area contributed by atoms with Crippen LogP contribution in [0.15, 0.2) is 121 Å². The van der Waals surface area contributed by atoms with Crippen molar-refractivity contribution in [3.63, 3.8) is 0 Å². The van der Waals surface area contributed by atoms with Crippen LogP contribution in [0.1, 0.15) is 35.8 Å². The summed E-state index contributed by atoms with van der Waals surface area (Å²) in [6, 6.07) is 43.6. The summed E-state index contributed by atoms with van der Waals surface area (Å²) in [6.07, 6.45) is 1.76. The van der Waals surface area contributed by atoms with Crippen molar-refractivity contribution in [3.05, 3.63) is 137 Å². The number of ether oxygens (including phenoxy) is 2. The lowest BCUT2D eigenvalue weighted by Gasteiger charge is -2.29. The minimum atomic E-state index is 0.106. The van der Waals surface area contributed by atoms with Crippen molar-refractivity contribution in [2.24, 2.45) is 0 Å². The van der Waals surface area contributed by atoms with E-state index in [-0.39, 0.29) is 11.8 Å². The van der Waals surface area contributed by atoms with Gasteiger partial charge < -0.3 is 14.4 Å². The predicted octanol–water partition coefficient (Wildman–Crippen LogP) is 13.6. The zero-order valence-corrected chi connectivity index (χ0v) is 36.7. The Kier molecular flexibility index (Phi) is 8.99. The molecular weight excluding hydrogens is 862 g/mol. The van der Waals surface area contributed by atoms with E-state index in [1.807, 2.05) is 0 Å². The summed E-state index contributed by atoms with van der Waals surface area (Å²) in [5, 5.41) is 7.65. The number of fused-ring (bicyclic) bond motifs is 6. The first-order chi connectivity index (χ1) is 31.2. The standard InChI is InChI=1S/C50H34ClN7O2S3/c51-44-38(33-18-20-60-26-33)24-41(48-50(44)57-63-55-48)58(39-16-15-36(45-46(39)53-61-52-45)43-34-11-5-3-9-29(34)22-30-10-4-6-12-35(30)43)40-23-37(32-17-19-59-25-32)42(49-47(40)54-62-56-49)31-14-13-27-7-1-2-8-28(27)21-31/h1-16,21-24,32-33H,17-20,25-26H2. The normalized spacial score (nSPS) is 16.8. The van der Waals surface area contributed by atoms with Crippen LogP contribution >= 0.6 is 46.8 Å². The van der Waals surface area contributed by atoms with Gasteiger partial charge in [0.05, 0.1) is 70.5 Å². The second kappa shape index (κ2) is 15.1. The second-order valence-electron chi connectivity index (χ2n) is 16.4. The molecule has 306 valence electrons. The minimum absolute atomic E-state index is 0.106. The molecule has 2 saturated heterocycles. The summed E-state index contributed by atoms with van der Waals surface area (Å²) in [4.78, 5) is 2.28. The molecule has 2 atom stereocenters. The highest BCUT2D eigenvalue weighted by molar-refractivity contribution is 7.00. The van der Waals surface area contributed by atoms with Crippen molar-refractivity contribution in [2.75, 3.05) is 31.3 Å². The van der Waals surface area contributed by atoms with Gasteiger partial charge in [-0.25, -0.2) is 0 Å². The zero-order valence-electron chi connectivity index (χ0n) is 33.5. The maximum absolute atomic E-state index is 7.29. The number of aromatic nitrogens is 6. The van der Waals surface area contributed by atoms with Crippen LogP contribution in [-0.4, -0.2) is 52.7 Å². The van der Waals surface area contributed by atoms with Gasteiger partial charge in [-0.2, -0.15) is 26.2 Å². The lowest BCUT2D eigenvalue weighted by molar-refractivity contribution is 0.194. The number of hydrogen-bond donors (Lipinski definition) is 0. The van der Waals surface area contributed by atoms with E-state index in [0.29, 0.717) is 42.5 Å². The van der Waals surface area contributed by atoms with E-state index in [9.17, 15) is 0 Å². The van der Waals surface area contributed by atoms with Crippen LogP contribution in [0.2, 0.25) is 5.02 Å². The number of benzene rings is 8. The van der Waals surface area contributed by atoms with Crippen LogP contribution in [0.3, 0.4) is 0 Å². The summed E-state index contributed by atoms with van der Waals surface area (Å²) >= 11 is 10.9. The van der Waals surface area contributed by atoms with Gasteiger partial charge in [0, 0.05) is 36.2 Å². The van der Waals surface area contributed by atoms with Crippen LogP contribution in [0.4, 0.5) is 17.1 Å². The Labute approximate surface area is 378 Å². The highest BCUT2D eigenvalue weighted by Crippen LogP contribution is 2.52. The van der Waals surface area contributed by atoms with Crippen molar-refractivity contribution in [1.82, 2.24) is 26.2 Å². The summed E-state index contributed by atoms with van der Waals surface area (Å²) < 4.78 is 42.4. The fourth-order valence-electron chi connectivity index (χ4n) is 9.96. The molecule has 9 nitrogen and oxygen atoms in total. The molecule has 8 aromatic carbocycles. The Balaban J connectivity index is 1.12. The van der Waals surface area contributed by atoms with Crippen molar-refractivity contribution in [3.8, 4) is 22.3 Å². The molecule has 2 aliphatic rings. The van der Waals surface area contributed by atoms with Crippen molar-refractivity contribution >= 4 is 129 Å². The lowest BCUT2D eigenvalue weighted by atomic mass is 9.87. The maximum atomic E-state index is 7.29. The van der Waals surface area contributed by atoms with Crippen molar-refractivity contribution in [2.45, 2.75) is 24.7 Å². The molecule has 13 heteroatoms. The number of halogens is 1. The first-order valence-electron chi connectivity index (χ1n) is 21.0. The minimum Gasteiger partial charge on any atom is -0.381 e. The Morgan fingerprint density at radius 2 is 1.03 bits per heavy atom. The highest BCUT2D eigenvalue weighted by Gasteiger charge is 2.33. The monoisotopic (exact) mass is 895 g/mol. The van der Waals surface area contributed by atoms with E-state index in [1.165, 1.54) is 62.3 Å². The molecule has 0 amide bonds. The molecule has 11 aromatic rings. The van der Waals surface area contributed by atoms with Gasteiger partial charge in [0.2, 0.25) is 0 Å². The van der Waals surface area contributed by atoms with Gasteiger partial charge >= 0.3 is 0 Å². The van der Waals surface area contributed by atoms with E-state index >= 15 is 0 Å². The number of rotatable bonds is 7. The van der Waals surface area contributed by atoms with E-state index in [4.69, 9.17) is 47.3 Å². The summed E-state index contributed by atoms with van der Waals surface area (Å²) in [7, 11) is 0. The van der Waals surface area contributed by atoms with E-state index in [2.05, 4.69) is 126 Å².